The lowest BCUT2D eigenvalue weighted by molar-refractivity contribution is 0.147. The lowest BCUT2D eigenvalue weighted by Crippen LogP contribution is -2.20. The number of rotatable bonds is 4. The normalized spacial score (nSPS) is 14.1. The van der Waals surface area contributed by atoms with E-state index in [0.29, 0.717) is 6.54 Å². The van der Waals surface area contributed by atoms with Gasteiger partial charge in [-0.1, -0.05) is 64.0 Å². The first-order valence-corrected chi connectivity index (χ1v) is 7.12. The fraction of sp³-hybridized carbons (Fsp3) is 0.250. The minimum absolute atomic E-state index is 0.113. The fourth-order valence-electron chi connectivity index (χ4n) is 2.20. The molecule has 3 heteroatoms. The summed E-state index contributed by atoms with van der Waals surface area (Å²) in [5.74, 6) is -0.113. The quantitative estimate of drug-likeness (QED) is 0.905. The number of hydrogen-bond acceptors (Lipinski definition) is 2. The Morgan fingerprint density at radius 1 is 1.11 bits per heavy atom. The molecule has 0 aromatic heterocycles. The highest BCUT2D eigenvalue weighted by Gasteiger charge is 2.22. The summed E-state index contributed by atoms with van der Waals surface area (Å²) < 4.78 is 0.983. The molecule has 0 amide bonds. The summed E-state index contributed by atoms with van der Waals surface area (Å²) in [5.41, 5.74) is 8.98. The van der Waals surface area contributed by atoms with E-state index in [1.54, 1.807) is 0 Å². The summed E-state index contributed by atoms with van der Waals surface area (Å²) in [6.45, 7) is 2.43. The molecule has 19 heavy (non-hydrogen) atoms. The lowest BCUT2D eigenvalue weighted by Gasteiger charge is -2.23. The molecule has 0 saturated carbocycles. The number of aryl methyl sites for hydroxylation is 1. The molecule has 0 aliphatic carbocycles. The van der Waals surface area contributed by atoms with E-state index in [4.69, 9.17) is 5.73 Å². The molecule has 0 saturated heterocycles. The van der Waals surface area contributed by atoms with Gasteiger partial charge in [-0.25, -0.2) is 0 Å². The van der Waals surface area contributed by atoms with Gasteiger partial charge in [0.1, 0.15) is 0 Å². The van der Waals surface area contributed by atoms with E-state index in [1.807, 2.05) is 55.5 Å². The Morgan fingerprint density at radius 3 is 2.32 bits per heavy atom. The van der Waals surface area contributed by atoms with Gasteiger partial charge in [0.2, 0.25) is 0 Å². The van der Waals surface area contributed by atoms with Crippen molar-refractivity contribution in [1.29, 1.82) is 0 Å². The third-order valence-electron chi connectivity index (χ3n) is 3.36. The number of nitrogens with two attached hydrogens (primary N) is 1. The maximum Gasteiger partial charge on any atom is 0.0871 e. The van der Waals surface area contributed by atoms with E-state index in [2.05, 4.69) is 15.9 Å². The molecular formula is C16H18BrNO. The van der Waals surface area contributed by atoms with Crippen LogP contribution >= 0.6 is 15.9 Å². The van der Waals surface area contributed by atoms with Crippen LogP contribution in [-0.4, -0.2) is 11.7 Å². The van der Waals surface area contributed by atoms with Crippen LogP contribution in [0.15, 0.2) is 53.0 Å². The zero-order valence-electron chi connectivity index (χ0n) is 10.9. The van der Waals surface area contributed by atoms with E-state index in [1.165, 1.54) is 5.56 Å². The first kappa shape index (κ1) is 14.3. The largest absolute Gasteiger partial charge is 0.388 e. The van der Waals surface area contributed by atoms with Crippen LogP contribution in [0.3, 0.4) is 0 Å². The van der Waals surface area contributed by atoms with E-state index in [-0.39, 0.29) is 5.92 Å². The van der Waals surface area contributed by atoms with Crippen LogP contribution < -0.4 is 5.73 Å². The van der Waals surface area contributed by atoms with Gasteiger partial charge in [-0.3, -0.25) is 0 Å². The number of hydrogen-bond donors (Lipinski definition) is 2. The molecular weight excluding hydrogens is 302 g/mol. The van der Waals surface area contributed by atoms with E-state index >= 15 is 0 Å². The summed E-state index contributed by atoms with van der Waals surface area (Å²) in [7, 11) is 0. The first-order chi connectivity index (χ1) is 9.13. The molecule has 0 aliphatic heterocycles. The summed E-state index contributed by atoms with van der Waals surface area (Å²) >= 11 is 3.52. The van der Waals surface area contributed by atoms with Gasteiger partial charge < -0.3 is 10.8 Å². The van der Waals surface area contributed by atoms with Gasteiger partial charge in [-0.2, -0.15) is 0 Å². The molecule has 2 rings (SSSR count). The second kappa shape index (κ2) is 6.33. The number of aliphatic hydroxyl groups is 1. The monoisotopic (exact) mass is 319 g/mol. The maximum absolute atomic E-state index is 10.5. The number of benzene rings is 2. The first-order valence-electron chi connectivity index (χ1n) is 6.32. The standard InChI is InChI=1S/C16H18BrNO/c1-11-6-8-12(9-7-11)16(19)14(10-18)13-4-2-3-5-15(13)17/h2-9,14,16,19H,10,18H2,1H3. The van der Waals surface area contributed by atoms with Crippen molar-refractivity contribution in [1.82, 2.24) is 0 Å². The molecule has 0 fully saturated rings. The molecule has 0 bridgehead atoms. The van der Waals surface area contributed by atoms with Gasteiger partial charge in [0, 0.05) is 16.9 Å². The molecule has 2 nitrogen and oxygen atoms in total. The van der Waals surface area contributed by atoms with Gasteiger partial charge in [0.05, 0.1) is 6.10 Å². The van der Waals surface area contributed by atoms with Crippen LogP contribution in [0.4, 0.5) is 0 Å². The van der Waals surface area contributed by atoms with E-state index in [9.17, 15) is 5.11 Å². The molecule has 2 atom stereocenters. The van der Waals surface area contributed by atoms with Gasteiger partial charge in [-0.05, 0) is 24.1 Å². The van der Waals surface area contributed by atoms with Crippen molar-refractivity contribution in [3.05, 3.63) is 69.7 Å². The van der Waals surface area contributed by atoms with Gasteiger partial charge in [-0.15, -0.1) is 0 Å². The zero-order chi connectivity index (χ0) is 13.8. The van der Waals surface area contributed by atoms with E-state index in [0.717, 1.165) is 15.6 Å². The summed E-state index contributed by atoms with van der Waals surface area (Å²) in [5, 5.41) is 10.5. The summed E-state index contributed by atoms with van der Waals surface area (Å²) in [6, 6.07) is 15.8. The van der Waals surface area contributed by atoms with Crippen molar-refractivity contribution < 1.29 is 5.11 Å². The second-order valence-corrected chi connectivity index (χ2v) is 5.57. The van der Waals surface area contributed by atoms with Crippen molar-refractivity contribution in [2.24, 2.45) is 5.73 Å². The Hall–Kier alpha value is -1.16. The smallest absolute Gasteiger partial charge is 0.0871 e. The predicted molar refractivity (Wildman–Crippen MR) is 82.1 cm³/mol. The third kappa shape index (κ3) is 3.24. The van der Waals surface area contributed by atoms with Crippen LogP contribution in [0.25, 0.3) is 0 Å². The average Bonchev–Trinajstić information content (AvgIpc) is 2.42. The fourth-order valence-corrected chi connectivity index (χ4v) is 2.78. The molecule has 0 radical (unpaired) electrons. The molecule has 3 N–H and O–H groups in total. The minimum Gasteiger partial charge on any atom is -0.388 e. The number of aliphatic hydroxyl groups excluding tert-OH is 1. The Balaban J connectivity index is 2.32. The van der Waals surface area contributed by atoms with Crippen molar-refractivity contribution in [2.45, 2.75) is 18.9 Å². The van der Waals surface area contributed by atoms with Crippen LogP contribution in [0.2, 0.25) is 0 Å². The molecule has 0 aliphatic rings. The Kier molecular flexibility index (Phi) is 4.75. The zero-order valence-corrected chi connectivity index (χ0v) is 12.5. The average molecular weight is 320 g/mol. The van der Waals surface area contributed by atoms with Gasteiger partial charge in [0.15, 0.2) is 0 Å². The highest BCUT2D eigenvalue weighted by atomic mass is 79.9. The maximum atomic E-state index is 10.5. The summed E-state index contributed by atoms with van der Waals surface area (Å²) in [6.07, 6.45) is -0.593. The molecule has 100 valence electrons. The van der Waals surface area contributed by atoms with Crippen molar-refractivity contribution >= 4 is 15.9 Å². The van der Waals surface area contributed by atoms with Crippen molar-refractivity contribution in [2.75, 3.05) is 6.54 Å². The Morgan fingerprint density at radius 2 is 1.74 bits per heavy atom. The molecule has 2 aromatic carbocycles. The Labute approximate surface area is 122 Å². The molecule has 2 aromatic rings. The van der Waals surface area contributed by atoms with Crippen LogP contribution in [-0.2, 0) is 0 Å². The Bertz CT molecular complexity index is 539. The van der Waals surface area contributed by atoms with Gasteiger partial charge in [0.25, 0.3) is 0 Å². The predicted octanol–water partition coefficient (Wildman–Crippen LogP) is 3.53. The minimum atomic E-state index is -0.593. The molecule has 2 unspecified atom stereocenters. The van der Waals surface area contributed by atoms with Crippen LogP contribution in [0.5, 0.6) is 0 Å². The van der Waals surface area contributed by atoms with Crippen molar-refractivity contribution in [3.8, 4) is 0 Å². The highest BCUT2D eigenvalue weighted by molar-refractivity contribution is 9.10. The number of halogens is 1. The van der Waals surface area contributed by atoms with E-state index < -0.39 is 6.10 Å². The second-order valence-electron chi connectivity index (χ2n) is 4.72. The van der Waals surface area contributed by atoms with Crippen LogP contribution in [0.1, 0.15) is 28.7 Å². The van der Waals surface area contributed by atoms with Crippen LogP contribution in [0, 0.1) is 6.92 Å². The molecule has 0 spiro atoms. The SMILES string of the molecule is Cc1ccc(C(O)C(CN)c2ccccc2Br)cc1. The van der Waals surface area contributed by atoms with Crippen molar-refractivity contribution in [3.63, 3.8) is 0 Å². The topological polar surface area (TPSA) is 46.2 Å². The lowest BCUT2D eigenvalue weighted by atomic mass is 9.89. The highest BCUT2D eigenvalue weighted by Crippen LogP contribution is 2.34. The van der Waals surface area contributed by atoms with Gasteiger partial charge >= 0.3 is 0 Å². The third-order valence-corrected chi connectivity index (χ3v) is 4.08. The summed E-state index contributed by atoms with van der Waals surface area (Å²) in [4.78, 5) is 0. The molecule has 0 heterocycles.